The minimum Gasteiger partial charge on any atom is -0.406 e. The van der Waals surface area contributed by atoms with Crippen LogP contribution < -0.4 is 9.64 Å². The third kappa shape index (κ3) is 5.24. The lowest BCUT2D eigenvalue weighted by atomic mass is 9.92. The van der Waals surface area contributed by atoms with Crippen LogP contribution in [0.5, 0.6) is 5.75 Å². The molecule has 1 unspecified atom stereocenters. The number of Topliss-reactive ketones (excluding diaryl/α,β-unsaturated/α-hetero) is 1. The van der Waals surface area contributed by atoms with Gasteiger partial charge in [-0.3, -0.25) is 14.5 Å². The number of hydrogen-bond acceptors (Lipinski definition) is 5. The number of aryl methyl sites for hydroxylation is 1. The van der Waals surface area contributed by atoms with Crippen LogP contribution in [-0.4, -0.2) is 28.3 Å². The molecule has 180 valence electrons. The average molecular weight is 481 g/mol. The van der Waals surface area contributed by atoms with Gasteiger partial charge < -0.3 is 4.74 Å². The number of carbonyl (C=O) groups excluding carboxylic acids is 2. The molecule has 35 heavy (non-hydrogen) atoms. The lowest BCUT2D eigenvalue weighted by Crippen LogP contribution is -2.31. The summed E-state index contributed by atoms with van der Waals surface area (Å²) in [6.45, 7) is 5.82. The fourth-order valence-electron chi connectivity index (χ4n) is 3.87. The van der Waals surface area contributed by atoms with Gasteiger partial charge in [0.15, 0.2) is 11.6 Å². The maximum atomic E-state index is 13.5. The standard InChI is InChI=1S/C26H22F3N3O3/c1-15(2)17-5-7-19(8-6-17)25(34)21-14-23(33)32(22-13-4-16(3)30-31-22)24(21)18-9-11-20(12-10-18)35-26(27,28)29/h4-15,24H,1-3H3. The third-order valence-corrected chi connectivity index (χ3v) is 5.63. The topological polar surface area (TPSA) is 72.4 Å². The van der Waals surface area contributed by atoms with E-state index in [1.54, 1.807) is 31.2 Å². The number of benzene rings is 2. The fourth-order valence-corrected chi connectivity index (χ4v) is 3.87. The van der Waals surface area contributed by atoms with E-state index in [2.05, 4.69) is 14.9 Å². The first-order valence-electron chi connectivity index (χ1n) is 10.9. The summed E-state index contributed by atoms with van der Waals surface area (Å²) in [5.41, 5.74) is 2.70. The van der Waals surface area contributed by atoms with Gasteiger partial charge in [-0.1, -0.05) is 50.2 Å². The zero-order valence-electron chi connectivity index (χ0n) is 19.2. The van der Waals surface area contributed by atoms with Gasteiger partial charge in [-0.25, -0.2) is 0 Å². The zero-order valence-corrected chi connectivity index (χ0v) is 19.2. The van der Waals surface area contributed by atoms with E-state index in [0.717, 1.165) is 17.7 Å². The molecule has 3 aromatic rings. The van der Waals surface area contributed by atoms with Gasteiger partial charge in [-0.15, -0.1) is 18.3 Å². The summed E-state index contributed by atoms with van der Waals surface area (Å²) < 4.78 is 41.8. The molecule has 0 aliphatic carbocycles. The van der Waals surface area contributed by atoms with Crippen LogP contribution in [0.2, 0.25) is 0 Å². The number of hydrogen-bond donors (Lipinski definition) is 0. The number of anilines is 1. The lowest BCUT2D eigenvalue weighted by molar-refractivity contribution is -0.274. The average Bonchev–Trinajstić information content (AvgIpc) is 3.15. The monoisotopic (exact) mass is 481 g/mol. The number of halogens is 3. The second-order valence-corrected chi connectivity index (χ2v) is 8.47. The molecule has 0 spiro atoms. The minimum atomic E-state index is -4.84. The quantitative estimate of drug-likeness (QED) is 0.422. The molecule has 0 saturated carbocycles. The van der Waals surface area contributed by atoms with Gasteiger partial charge in [0.1, 0.15) is 5.75 Å². The van der Waals surface area contributed by atoms with E-state index in [1.165, 1.54) is 23.1 Å². The molecule has 0 saturated heterocycles. The summed E-state index contributed by atoms with van der Waals surface area (Å²) in [4.78, 5) is 27.8. The molecular formula is C26H22F3N3O3. The molecule has 9 heteroatoms. The van der Waals surface area contributed by atoms with E-state index in [1.807, 2.05) is 26.0 Å². The van der Waals surface area contributed by atoms with Crippen LogP contribution in [0.1, 0.15) is 53.0 Å². The van der Waals surface area contributed by atoms with Crippen LogP contribution in [0.4, 0.5) is 19.0 Å². The van der Waals surface area contributed by atoms with Crippen LogP contribution in [-0.2, 0) is 4.79 Å². The Hall–Kier alpha value is -4.01. The van der Waals surface area contributed by atoms with E-state index >= 15 is 0 Å². The molecule has 2 aromatic carbocycles. The molecule has 6 nitrogen and oxygen atoms in total. The van der Waals surface area contributed by atoms with E-state index in [-0.39, 0.29) is 23.1 Å². The molecular weight excluding hydrogens is 459 g/mol. The number of ether oxygens (including phenoxy) is 1. The van der Waals surface area contributed by atoms with Crippen molar-refractivity contribution in [3.05, 3.63) is 94.7 Å². The van der Waals surface area contributed by atoms with Crippen molar-refractivity contribution in [2.45, 2.75) is 39.1 Å². The predicted octanol–water partition coefficient (Wildman–Crippen LogP) is 5.70. The summed E-state index contributed by atoms with van der Waals surface area (Å²) in [6.07, 6.45) is -3.59. The Balaban J connectivity index is 1.74. The number of ketones is 1. The Kier molecular flexibility index (Phi) is 6.43. The highest BCUT2D eigenvalue weighted by molar-refractivity contribution is 6.19. The van der Waals surface area contributed by atoms with Crippen molar-refractivity contribution in [3.63, 3.8) is 0 Å². The number of amides is 1. The maximum Gasteiger partial charge on any atom is 0.573 e. The molecule has 4 rings (SSSR count). The van der Waals surface area contributed by atoms with Gasteiger partial charge in [-0.2, -0.15) is 5.10 Å². The maximum absolute atomic E-state index is 13.5. The van der Waals surface area contributed by atoms with Crippen molar-refractivity contribution in [1.29, 1.82) is 0 Å². The summed E-state index contributed by atoms with van der Waals surface area (Å²) in [5, 5.41) is 8.08. The first-order chi connectivity index (χ1) is 16.5. The number of rotatable bonds is 6. The van der Waals surface area contributed by atoms with Crippen LogP contribution in [0, 0.1) is 6.92 Å². The number of nitrogens with zero attached hydrogens (tertiary/aromatic N) is 3. The molecule has 0 fully saturated rings. The van der Waals surface area contributed by atoms with Crippen molar-refractivity contribution < 1.29 is 27.5 Å². The molecule has 1 amide bonds. The molecule has 0 radical (unpaired) electrons. The Bertz CT molecular complexity index is 1270. The highest BCUT2D eigenvalue weighted by atomic mass is 19.4. The number of aromatic nitrogens is 2. The molecule has 2 heterocycles. The van der Waals surface area contributed by atoms with Crippen molar-refractivity contribution in [3.8, 4) is 5.75 Å². The smallest absolute Gasteiger partial charge is 0.406 e. The minimum absolute atomic E-state index is 0.180. The van der Waals surface area contributed by atoms with Crippen LogP contribution >= 0.6 is 0 Å². The van der Waals surface area contributed by atoms with E-state index in [0.29, 0.717) is 16.8 Å². The van der Waals surface area contributed by atoms with Crippen LogP contribution in [0.25, 0.3) is 0 Å². The van der Waals surface area contributed by atoms with Crippen LogP contribution in [0.15, 0.2) is 72.3 Å². The Morgan fingerprint density at radius 2 is 1.63 bits per heavy atom. The Morgan fingerprint density at radius 1 is 0.971 bits per heavy atom. The van der Waals surface area contributed by atoms with Gasteiger partial charge in [0.05, 0.1) is 11.7 Å². The third-order valence-electron chi connectivity index (χ3n) is 5.63. The number of alkyl halides is 3. The highest BCUT2D eigenvalue weighted by Crippen LogP contribution is 2.39. The summed E-state index contributed by atoms with van der Waals surface area (Å²) in [5.74, 6) is -0.751. The van der Waals surface area contributed by atoms with E-state index in [9.17, 15) is 22.8 Å². The van der Waals surface area contributed by atoms with Gasteiger partial charge in [-0.05, 0) is 48.2 Å². The predicted molar refractivity (Wildman–Crippen MR) is 123 cm³/mol. The lowest BCUT2D eigenvalue weighted by Gasteiger charge is -2.26. The van der Waals surface area contributed by atoms with Gasteiger partial charge in [0, 0.05) is 17.2 Å². The first kappa shape index (κ1) is 24.1. The van der Waals surface area contributed by atoms with Crippen LogP contribution in [0.3, 0.4) is 0 Å². The Labute approximate surface area is 200 Å². The van der Waals surface area contributed by atoms with Gasteiger partial charge in [0.2, 0.25) is 0 Å². The summed E-state index contributed by atoms with van der Waals surface area (Å²) in [7, 11) is 0. The van der Waals surface area contributed by atoms with E-state index in [4.69, 9.17) is 0 Å². The normalized spacial score (nSPS) is 16.0. The summed E-state index contributed by atoms with van der Waals surface area (Å²) in [6, 6.07) is 14.6. The highest BCUT2D eigenvalue weighted by Gasteiger charge is 2.40. The fraction of sp³-hybridized carbons (Fsp3) is 0.231. The SMILES string of the molecule is Cc1ccc(N2C(=O)C=C(C(=O)c3ccc(C(C)C)cc3)C2c2ccc(OC(F)(F)F)cc2)nn1. The van der Waals surface area contributed by atoms with Gasteiger partial charge in [0.25, 0.3) is 5.91 Å². The van der Waals surface area contributed by atoms with Crippen molar-refractivity contribution in [1.82, 2.24) is 10.2 Å². The van der Waals surface area contributed by atoms with Crippen molar-refractivity contribution >= 4 is 17.5 Å². The molecule has 0 bridgehead atoms. The molecule has 1 aliphatic heterocycles. The number of carbonyl (C=O) groups is 2. The van der Waals surface area contributed by atoms with Crippen molar-refractivity contribution in [2.24, 2.45) is 0 Å². The molecule has 1 atom stereocenters. The first-order valence-corrected chi connectivity index (χ1v) is 10.9. The second-order valence-electron chi connectivity index (χ2n) is 8.47. The van der Waals surface area contributed by atoms with Crippen molar-refractivity contribution in [2.75, 3.05) is 4.90 Å². The molecule has 1 aliphatic rings. The molecule has 1 aromatic heterocycles. The zero-order chi connectivity index (χ0) is 25.3. The molecule has 0 N–H and O–H groups in total. The largest absolute Gasteiger partial charge is 0.573 e. The Morgan fingerprint density at radius 3 is 2.17 bits per heavy atom. The van der Waals surface area contributed by atoms with E-state index < -0.39 is 24.1 Å². The van der Waals surface area contributed by atoms with Gasteiger partial charge >= 0.3 is 6.36 Å². The summed E-state index contributed by atoms with van der Waals surface area (Å²) >= 11 is 0. The second kappa shape index (κ2) is 9.32.